The van der Waals surface area contributed by atoms with E-state index in [2.05, 4.69) is 0 Å². The molecule has 1 aromatic rings. The van der Waals surface area contributed by atoms with Crippen LogP contribution in [0.1, 0.15) is 42.6 Å². The van der Waals surface area contributed by atoms with Crippen molar-refractivity contribution >= 4 is 11.8 Å². The van der Waals surface area contributed by atoms with Crippen LogP contribution >= 0.6 is 0 Å². The maximum Gasteiger partial charge on any atom is 0.307 e. The molecule has 0 aromatic heterocycles. The summed E-state index contributed by atoms with van der Waals surface area (Å²) in [5.74, 6) is -1.97. The van der Waals surface area contributed by atoms with E-state index < -0.39 is 17.8 Å². The third-order valence-electron chi connectivity index (χ3n) is 4.26. The molecular formula is C17H20O3. The molecule has 3 heteroatoms. The maximum absolute atomic E-state index is 12.6. The molecule has 1 aliphatic carbocycles. The normalized spacial score (nSPS) is 22.8. The number of hydrogen-bond donors (Lipinski definition) is 1. The van der Waals surface area contributed by atoms with Gasteiger partial charge in [0.25, 0.3) is 0 Å². The Morgan fingerprint density at radius 2 is 1.45 bits per heavy atom. The predicted octanol–water partition coefficient (Wildman–Crippen LogP) is 3.62. The zero-order valence-electron chi connectivity index (χ0n) is 12.1. The molecular weight excluding hydrogens is 252 g/mol. The van der Waals surface area contributed by atoms with Crippen LogP contribution in [-0.4, -0.2) is 16.9 Å². The lowest BCUT2D eigenvalue weighted by molar-refractivity contribution is -0.143. The minimum Gasteiger partial charge on any atom is -0.481 e. The molecule has 106 valence electrons. The number of benzene rings is 1. The fraction of sp³-hybridized carbons (Fsp3) is 0.412. The van der Waals surface area contributed by atoms with Crippen LogP contribution in [0.15, 0.2) is 35.4 Å². The molecule has 1 aromatic carbocycles. The average Bonchev–Trinajstić information content (AvgIpc) is 2.41. The summed E-state index contributed by atoms with van der Waals surface area (Å²) in [6, 6.07) is 7.35. The second-order valence-electron chi connectivity index (χ2n) is 5.75. The van der Waals surface area contributed by atoms with Crippen molar-refractivity contribution in [3.63, 3.8) is 0 Å². The van der Waals surface area contributed by atoms with Gasteiger partial charge in [0.15, 0.2) is 5.78 Å². The summed E-state index contributed by atoms with van der Waals surface area (Å²) in [4.78, 5) is 24.0. The van der Waals surface area contributed by atoms with E-state index in [0.717, 1.165) is 16.7 Å². The number of carboxylic acids is 1. The minimum absolute atomic E-state index is 0.0516. The third-order valence-corrected chi connectivity index (χ3v) is 4.26. The van der Waals surface area contributed by atoms with E-state index in [1.807, 2.05) is 32.9 Å². The molecule has 20 heavy (non-hydrogen) atoms. The van der Waals surface area contributed by atoms with Crippen LogP contribution in [0.4, 0.5) is 0 Å². The first kappa shape index (κ1) is 14.5. The summed E-state index contributed by atoms with van der Waals surface area (Å²) in [7, 11) is 0. The Morgan fingerprint density at radius 3 is 1.95 bits per heavy atom. The van der Waals surface area contributed by atoms with E-state index in [1.54, 1.807) is 12.1 Å². The molecule has 2 rings (SSSR count). The first-order chi connectivity index (χ1) is 9.40. The number of carboxylic acid groups (broad SMARTS) is 1. The van der Waals surface area contributed by atoms with Crippen LogP contribution in [-0.2, 0) is 4.79 Å². The molecule has 1 N–H and O–H groups in total. The predicted molar refractivity (Wildman–Crippen MR) is 77.7 cm³/mol. The summed E-state index contributed by atoms with van der Waals surface area (Å²) in [5.41, 5.74) is 3.95. The van der Waals surface area contributed by atoms with E-state index in [1.165, 1.54) is 0 Å². The molecule has 0 fully saturated rings. The standard InChI is InChI=1S/C17H20O3/c1-10-4-6-13(7-5-10)16(18)14-8-11(2)12(3)9-15(14)17(19)20/h4-7,14-15H,8-9H2,1-3H3,(H,19,20)/t14-,15+/m1/s1. The Kier molecular flexibility index (Phi) is 4.07. The molecule has 0 saturated heterocycles. The number of rotatable bonds is 3. The van der Waals surface area contributed by atoms with Crippen molar-refractivity contribution in [2.45, 2.75) is 33.6 Å². The van der Waals surface area contributed by atoms with Gasteiger partial charge >= 0.3 is 5.97 Å². The fourth-order valence-electron chi connectivity index (χ4n) is 2.76. The fourth-order valence-corrected chi connectivity index (χ4v) is 2.76. The van der Waals surface area contributed by atoms with E-state index in [0.29, 0.717) is 18.4 Å². The molecule has 0 unspecified atom stereocenters. The minimum atomic E-state index is -0.873. The van der Waals surface area contributed by atoms with Crippen molar-refractivity contribution in [2.24, 2.45) is 11.8 Å². The number of aliphatic carboxylic acids is 1. The summed E-state index contributed by atoms with van der Waals surface area (Å²) in [6.07, 6.45) is 1.03. The van der Waals surface area contributed by atoms with Crippen LogP contribution in [0.2, 0.25) is 0 Å². The first-order valence-electron chi connectivity index (χ1n) is 6.89. The van der Waals surface area contributed by atoms with E-state index in [-0.39, 0.29) is 5.78 Å². The van der Waals surface area contributed by atoms with Gasteiger partial charge in [-0.2, -0.15) is 0 Å². The largest absolute Gasteiger partial charge is 0.481 e. The van der Waals surface area contributed by atoms with Crippen molar-refractivity contribution in [1.29, 1.82) is 0 Å². The first-order valence-corrected chi connectivity index (χ1v) is 6.89. The van der Waals surface area contributed by atoms with Crippen LogP contribution in [0.25, 0.3) is 0 Å². The van der Waals surface area contributed by atoms with Crippen LogP contribution in [0.3, 0.4) is 0 Å². The highest BCUT2D eigenvalue weighted by molar-refractivity contribution is 6.00. The Bertz CT molecular complexity index is 566. The van der Waals surface area contributed by atoms with Gasteiger partial charge in [-0.25, -0.2) is 0 Å². The van der Waals surface area contributed by atoms with Crippen molar-refractivity contribution < 1.29 is 14.7 Å². The van der Waals surface area contributed by atoms with Gasteiger partial charge < -0.3 is 5.11 Å². The molecule has 0 spiro atoms. The molecule has 1 aliphatic rings. The second kappa shape index (κ2) is 5.61. The van der Waals surface area contributed by atoms with Gasteiger partial charge in [-0.1, -0.05) is 41.0 Å². The molecule has 0 radical (unpaired) electrons. The van der Waals surface area contributed by atoms with E-state index in [9.17, 15) is 14.7 Å². The average molecular weight is 272 g/mol. The monoisotopic (exact) mass is 272 g/mol. The number of carbonyl (C=O) groups excluding carboxylic acids is 1. The molecule has 0 saturated carbocycles. The second-order valence-corrected chi connectivity index (χ2v) is 5.75. The van der Waals surface area contributed by atoms with Gasteiger partial charge in [-0.15, -0.1) is 0 Å². The van der Waals surface area contributed by atoms with Crippen molar-refractivity contribution in [3.8, 4) is 0 Å². The SMILES string of the molecule is CC1=C(C)C[C@@H](C(=O)c2ccc(C)cc2)[C@@H](C(=O)O)C1. The number of aryl methyl sites for hydroxylation is 1. The zero-order chi connectivity index (χ0) is 14.9. The molecule has 3 nitrogen and oxygen atoms in total. The van der Waals surface area contributed by atoms with E-state index in [4.69, 9.17) is 0 Å². The van der Waals surface area contributed by atoms with Gasteiger partial charge in [0.05, 0.1) is 5.92 Å². The van der Waals surface area contributed by atoms with Gasteiger partial charge in [-0.3, -0.25) is 9.59 Å². The van der Waals surface area contributed by atoms with Crippen LogP contribution in [0, 0.1) is 18.8 Å². The van der Waals surface area contributed by atoms with Crippen LogP contribution in [0.5, 0.6) is 0 Å². The molecule has 0 bridgehead atoms. The smallest absolute Gasteiger partial charge is 0.307 e. The lowest BCUT2D eigenvalue weighted by Gasteiger charge is -2.29. The number of carbonyl (C=O) groups is 2. The lowest BCUT2D eigenvalue weighted by atomic mass is 9.73. The zero-order valence-corrected chi connectivity index (χ0v) is 12.1. The number of allylic oxidation sites excluding steroid dienone is 2. The van der Waals surface area contributed by atoms with Crippen molar-refractivity contribution in [2.75, 3.05) is 0 Å². The number of ketones is 1. The summed E-state index contributed by atoms with van der Waals surface area (Å²) in [5, 5.41) is 9.38. The number of Topliss-reactive ketones (excluding diaryl/α,β-unsaturated/α-hetero) is 1. The van der Waals surface area contributed by atoms with Crippen molar-refractivity contribution in [1.82, 2.24) is 0 Å². The Hall–Kier alpha value is -1.90. The highest BCUT2D eigenvalue weighted by Gasteiger charge is 2.37. The summed E-state index contributed by atoms with van der Waals surface area (Å²) < 4.78 is 0. The highest BCUT2D eigenvalue weighted by Crippen LogP contribution is 2.36. The Labute approximate surface area is 119 Å². The van der Waals surface area contributed by atoms with Crippen molar-refractivity contribution in [3.05, 3.63) is 46.5 Å². The highest BCUT2D eigenvalue weighted by atomic mass is 16.4. The third kappa shape index (κ3) is 2.82. The molecule has 0 heterocycles. The topological polar surface area (TPSA) is 54.4 Å². The van der Waals surface area contributed by atoms with Gasteiger partial charge in [0.1, 0.15) is 0 Å². The Balaban J connectivity index is 2.31. The lowest BCUT2D eigenvalue weighted by Crippen LogP contribution is -2.33. The summed E-state index contributed by atoms with van der Waals surface area (Å²) >= 11 is 0. The van der Waals surface area contributed by atoms with Gasteiger partial charge in [0, 0.05) is 11.5 Å². The molecule has 0 aliphatic heterocycles. The van der Waals surface area contributed by atoms with Gasteiger partial charge in [0.2, 0.25) is 0 Å². The van der Waals surface area contributed by atoms with E-state index >= 15 is 0 Å². The maximum atomic E-state index is 12.6. The van der Waals surface area contributed by atoms with Crippen LogP contribution < -0.4 is 0 Å². The number of hydrogen-bond acceptors (Lipinski definition) is 2. The quantitative estimate of drug-likeness (QED) is 0.675. The Morgan fingerprint density at radius 1 is 0.950 bits per heavy atom. The molecule has 0 amide bonds. The molecule has 2 atom stereocenters. The summed E-state index contributed by atoms with van der Waals surface area (Å²) in [6.45, 7) is 5.91. The van der Waals surface area contributed by atoms with Gasteiger partial charge in [-0.05, 0) is 33.6 Å².